The molecule has 0 aromatic carbocycles. The Kier molecular flexibility index (Phi) is 4.70. The second-order valence-electron chi connectivity index (χ2n) is 6.52. The van der Waals surface area contributed by atoms with E-state index in [-0.39, 0.29) is 12.1 Å². The van der Waals surface area contributed by atoms with Crippen molar-refractivity contribution in [3.05, 3.63) is 24.5 Å². The van der Waals surface area contributed by atoms with Crippen LogP contribution in [0.3, 0.4) is 0 Å². The van der Waals surface area contributed by atoms with Crippen LogP contribution < -0.4 is 4.90 Å². The van der Waals surface area contributed by atoms with E-state index in [1.54, 1.807) is 11.1 Å². The van der Waals surface area contributed by atoms with Gasteiger partial charge in [0.15, 0.2) is 0 Å². The van der Waals surface area contributed by atoms with Crippen molar-refractivity contribution in [1.29, 1.82) is 0 Å². The average molecular weight is 291 g/mol. The predicted octanol–water partition coefficient (Wildman–Crippen LogP) is 2.92. The highest BCUT2D eigenvalue weighted by Gasteiger charge is 2.28. The van der Waals surface area contributed by atoms with Gasteiger partial charge in [-0.2, -0.15) is 0 Å². The number of anilines is 1. The lowest BCUT2D eigenvalue weighted by Gasteiger charge is -2.38. The largest absolute Gasteiger partial charge is 0.444 e. The molecule has 1 amide bonds. The third-order valence-corrected chi connectivity index (χ3v) is 3.70. The molecular formula is C16H25N3O2. The fourth-order valence-electron chi connectivity index (χ4n) is 2.54. The molecule has 1 aliphatic heterocycles. The number of hydrogen-bond acceptors (Lipinski definition) is 4. The Hall–Kier alpha value is -1.78. The zero-order valence-electron chi connectivity index (χ0n) is 13.4. The van der Waals surface area contributed by atoms with Gasteiger partial charge < -0.3 is 14.5 Å². The number of pyridine rings is 1. The standard InChI is InChI=1S/C16H25N3O2/c1-16(2,3)21-15(20)18(4)13-7-10-19(11-8-13)14-6-5-9-17-12-14/h5-6,9,12-13H,7-8,10-11H2,1-4H3. The van der Waals surface area contributed by atoms with Gasteiger partial charge in [-0.3, -0.25) is 4.98 Å². The van der Waals surface area contributed by atoms with Gasteiger partial charge in [-0.25, -0.2) is 4.79 Å². The minimum absolute atomic E-state index is 0.234. The van der Waals surface area contributed by atoms with Gasteiger partial charge in [0, 0.05) is 32.4 Å². The van der Waals surface area contributed by atoms with Crippen LogP contribution in [-0.4, -0.2) is 47.8 Å². The van der Waals surface area contributed by atoms with E-state index in [9.17, 15) is 4.79 Å². The molecule has 1 saturated heterocycles. The lowest BCUT2D eigenvalue weighted by Crippen LogP contribution is -2.47. The van der Waals surface area contributed by atoms with Crippen LogP contribution in [0.25, 0.3) is 0 Å². The van der Waals surface area contributed by atoms with Crippen LogP contribution in [0.15, 0.2) is 24.5 Å². The first-order valence-corrected chi connectivity index (χ1v) is 7.47. The minimum atomic E-state index is -0.443. The van der Waals surface area contributed by atoms with E-state index in [2.05, 4.69) is 16.0 Å². The number of rotatable bonds is 2. The number of ether oxygens (including phenoxy) is 1. The Morgan fingerprint density at radius 2 is 2.05 bits per heavy atom. The first kappa shape index (κ1) is 15.6. The van der Waals surface area contributed by atoms with Gasteiger partial charge in [-0.15, -0.1) is 0 Å². The first-order valence-electron chi connectivity index (χ1n) is 7.47. The molecule has 1 aliphatic rings. The predicted molar refractivity (Wildman–Crippen MR) is 83.5 cm³/mol. The molecule has 2 rings (SSSR count). The minimum Gasteiger partial charge on any atom is -0.444 e. The molecule has 0 N–H and O–H groups in total. The van der Waals surface area contributed by atoms with Crippen molar-refractivity contribution in [3.8, 4) is 0 Å². The molecule has 0 radical (unpaired) electrons. The molecule has 0 spiro atoms. The summed E-state index contributed by atoms with van der Waals surface area (Å²) in [7, 11) is 1.83. The summed E-state index contributed by atoms with van der Waals surface area (Å²) in [5, 5.41) is 0. The third-order valence-electron chi connectivity index (χ3n) is 3.70. The molecule has 0 atom stereocenters. The van der Waals surface area contributed by atoms with E-state index in [0.717, 1.165) is 31.6 Å². The number of carbonyl (C=O) groups excluding carboxylic acids is 1. The van der Waals surface area contributed by atoms with Crippen molar-refractivity contribution in [2.24, 2.45) is 0 Å². The summed E-state index contributed by atoms with van der Waals surface area (Å²) in [6, 6.07) is 4.27. The number of piperidine rings is 1. The molecular weight excluding hydrogens is 266 g/mol. The molecule has 21 heavy (non-hydrogen) atoms. The summed E-state index contributed by atoms with van der Waals surface area (Å²) >= 11 is 0. The van der Waals surface area contributed by atoms with Crippen molar-refractivity contribution >= 4 is 11.8 Å². The second kappa shape index (κ2) is 6.33. The van der Waals surface area contributed by atoms with E-state index in [4.69, 9.17) is 4.74 Å². The number of amides is 1. The van der Waals surface area contributed by atoms with Gasteiger partial charge in [-0.05, 0) is 45.7 Å². The summed E-state index contributed by atoms with van der Waals surface area (Å²) in [4.78, 5) is 20.3. The Balaban J connectivity index is 1.87. The van der Waals surface area contributed by atoms with Crippen molar-refractivity contribution in [2.45, 2.75) is 45.3 Å². The van der Waals surface area contributed by atoms with Crippen LogP contribution in [0, 0.1) is 0 Å². The fourth-order valence-corrected chi connectivity index (χ4v) is 2.54. The highest BCUT2D eigenvalue weighted by atomic mass is 16.6. The molecule has 5 nitrogen and oxygen atoms in total. The normalized spacial score (nSPS) is 16.7. The molecule has 0 aliphatic carbocycles. The zero-order chi connectivity index (χ0) is 15.5. The van der Waals surface area contributed by atoms with E-state index < -0.39 is 5.60 Å². The highest BCUT2D eigenvalue weighted by Crippen LogP contribution is 2.22. The molecule has 5 heteroatoms. The number of carbonyl (C=O) groups is 1. The average Bonchev–Trinajstić information content (AvgIpc) is 2.46. The van der Waals surface area contributed by atoms with Gasteiger partial charge in [0.05, 0.1) is 11.9 Å². The van der Waals surface area contributed by atoms with Crippen LogP contribution in [0.2, 0.25) is 0 Å². The molecule has 0 saturated carbocycles. The summed E-state index contributed by atoms with van der Waals surface area (Å²) in [6.45, 7) is 7.55. The number of nitrogens with zero attached hydrogens (tertiary/aromatic N) is 3. The maximum atomic E-state index is 12.1. The maximum Gasteiger partial charge on any atom is 0.410 e. The summed E-state index contributed by atoms with van der Waals surface area (Å²) in [6.07, 6.45) is 5.34. The van der Waals surface area contributed by atoms with Gasteiger partial charge in [-0.1, -0.05) is 0 Å². The van der Waals surface area contributed by atoms with Gasteiger partial charge in [0.1, 0.15) is 5.60 Å². The Morgan fingerprint density at radius 3 is 2.57 bits per heavy atom. The molecule has 2 heterocycles. The molecule has 0 bridgehead atoms. The number of aromatic nitrogens is 1. The van der Waals surface area contributed by atoms with Gasteiger partial charge in [0.2, 0.25) is 0 Å². The van der Waals surface area contributed by atoms with E-state index in [1.165, 1.54) is 0 Å². The van der Waals surface area contributed by atoms with E-state index in [0.29, 0.717) is 0 Å². The molecule has 1 aromatic rings. The molecule has 1 aromatic heterocycles. The quantitative estimate of drug-likeness (QED) is 0.840. The Bertz CT molecular complexity index is 462. The van der Waals surface area contributed by atoms with Crippen molar-refractivity contribution in [3.63, 3.8) is 0 Å². The van der Waals surface area contributed by atoms with Crippen molar-refractivity contribution in [1.82, 2.24) is 9.88 Å². The smallest absolute Gasteiger partial charge is 0.410 e. The second-order valence-corrected chi connectivity index (χ2v) is 6.52. The molecule has 116 valence electrons. The van der Waals surface area contributed by atoms with Crippen LogP contribution in [0.1, 0.15) is 33.6 Å². The monoisotopic (exact) mass is 291 g/mol. The summed E-state index contributed by atoms with van der Waals surface area (Å²) in [5.74, 6) is 0. The number of hydrogen-bond donors (Lipinski definition) is 0. The SMILES string of the molecule is CN(C(=O)OC(C)(C)C)C1CCN(c2cccnc2)CC1. The third kappa shape index (κ3) is 4.34. The van der Waals surface area contributed by atoms with E-state index in [1.807, 2.05) is 40.1 Å². The lowest BCUT2D eigenvalue weighted by atomic mass is 10.0. The van der Waals surface area contributed by atoms with Crippen LogP contribution in [-0.2, 0) is 4.74 Å². The van der Waals surface area contributed by atoms with Crippen LogP contribution in [0.4, 0.5) is 10.5 Å². The van der Waals surface area contributed by atoms with Crippen LogP contribution in [0.5, 0.6) is 0 Å². The topological polar surface area (TPSA) is 45.7 Å². The van der Waals surface area contributed by atoms with Crippen molar-refractivity contribution in [2.75, 3.05) is 25.0 Å². The Labute approximate surface area is 126 Å². The summed E-state index contributed by atoms with van der Waals surface area (Å²) in [5.41, 5.74) is 0.706. The highest BCUT2D eigenvalue weighted by molar-refractivity contribution is 5.68. The van der Waals surface area contributed by atoms with Gasteiger partial charge >= 0.3 is 6.09 Å². The Morgan fingerprint density at radius 1 is 1.38 bits per heavy atom. The maximum absolute atomic E-state index is 12.1. The molecule has 1 fully saturated rings. The van der Waals surface area contributed by atoms with Gasteiger partial charge in [0.25, 0.3) is 0 Å². The lowest BCUT2D eigenvalue weighted by molar-refractivity contribution is 0.0201. The summed E-state index contributed by atoms with van der Waals surface area (Å²) < 4.78 is 5.43. The first-order chi connectivity index (χ1) is 9.87. The van der Waals surface area contributed by atoms with Crippen LogP contribution >= 0.6 is 0 Å². The van der Waals surface area contributed by atoms with E-state index >= 15 is 0 Å². The molecule has 0 unspecified atom stereocenters. The fraction of sp³-hybridized carbons (Fsp3) is 0.625. The zero-order valence-corrected chi connectivity index (χ0v) is 13.4. The van der Waals surface area contributed by atoms with Crippen molar-refractivity contribution < 1.29 is 9.53 Å².